The maximum atomic E-state index is 14.6. The molecule has 2 heterocycles. The van der Waals surface area contributed by atoms with Gasteiger partial charge < -0.3 is 14.4 Å². The summed E-state index contributed by atoms with van der Waals surface area (Å²) < 4.78 is 26.3. The summed E-state index contributed by atoms with van der Waals surface area (Å²) in [5.74, 6) is -0.357. The first-order valence-electron chi connectivity index (χ1n) is 9.45. The summed E-state index contributed by atoms with van der Waals surface area (Å²) in [6, 6.07) is 12.7. The minimum Gasteiger partial charge on any atom is -0.438 e. The minimum atomic E-state index is -0.497. The van der Waals surface area contributed by atoms with Crippen LogP contribution in [-0.2, 0) is 16.0 Å². The maximum Gasteiger partial charge on any atom is 0.415 e. The van der Waals surface area contributed by atoms with Crippen LogP contribution >= 0.6 is 15.9 Å². The van der Waals surface area contributed by atoms with Gasteiger partial charge in [-0.2, -0.15) is 0 Å². The number of carbonyl (C=O) groups excluding carboxylic acids is 1. The van der Waals surface area contributed by atoms with Crippen LogP contribution in [0.2, 0.25) is 0 Å². The fourth-order valence-corrected chi connectivity index (χ4v) is 3.63. The molecular formula is C21H21BrFN3O3. The highest BCUT2D eigenvalue weighted by molar-refractivity contribution is 9.10. The third kappa shape index (κ3) is 4.76. The van der Waals surface area contributed by atoms with Crippen LogP contribution in [0.4, 0.5) is 20.6 Å². The molecule has 29 heavy (non-hydrogen) atoms. The van der Waals surface area contributed by atoms with Gasteiger partial charge in [-0.05, 0) is 35.9 Å². The van der Waals surface area contributed by atoms with Crippen molar-refractivity contribution in [1.82, 2.24) is 0 Å². The summed E-state index contributed by atoms with van der Waals surface area (Å²) in [7, 11) is 0. The summed E-state index contributed by atoms with van der Waals surface area (Å²) in [6.07, 6.45) is 0.682. The molecule has 0 saturated carbocycles. The molecule has 152 valence electrons. The van der Waals surface area contributed by atoms with E-state index in [1.807, 2.05) is 29.2 Å². The van der Waals surface area contributed by atoms with Gasteiger partial charge in [0.2, 0.25) is 0 Å². The molecule has 0 spiro atoms. The number of amides is 1. The Balaban J connectivity index is 1.39. The molecule has 0 N–H and O–H groups in total. The van der Waals surface area contributed by atoms with Crippen LogP contribution in [0.1, 0.15) is 5.56 Å². The number of ether oxygens (including phenoxy) is 2. The van der Waals surface area contributed by atoms with Crippen molar-refractivity contribution >= 4 is 39.6 Å². The van der Waals surface area contributed by atoms with E-state index in [1.165, 1.54) is 11.0 Å². The second kappa shape index (κ2) is 8.92. The lowest BCUT2D eigenvalue weighted by Crippen LogP contribution is -2.36. The van der Waals surface area contributed by atoms with Gasteiger partial charge >= 0.3 is 6.09 Å². The zero-order valence-electron chi connectivity index (χ0n) is 15.8. The van der Waals surface area contributed by atoms with Gasteiger partial charge in [-0.15, -0.1) is 0 Å². The lowest BCUT2D eigenvalue weighted by atomic mass is 10.2. The van der Waals surface area contributed by atoms with E-state index < -0.39 is 12.2 Å². The predicted octanol–water partition coefficient (Wildman–Crippen LogP) is 4.02. The molecule has 0 aromatic heterocycles. The van der Waals surface area contributed by atoms with E-state index >= 15 is 0 Å². The Bertz CT molecular complexity index is 901. The van der Waals surface area contributed by atoms with Crippen LogP contribution in [-0.4, -0.2) is 51.3 Å². The Labute approximate surface area is 177 Å². The summed E-state index contributed by atoms with van der Waals surface area (Å²) in [5.41, 5.74) is 2.07. The zero-order valence-corrected chi connectivity index (χ0v) is 17.3. The fourth-order valence-electron chi connectivity index (χ4n) is 3.36. The van der Waals surface area contributed by atoms with Gasteiger partial charge in [0.15, 0.2) is 6.10 Å². The van der Waals surface area contributed by atoms with Crippen molar-refractivity contribution in [2.45, 2.75) is 12.6 Å². The Kier molecular flexibility index (Phi) is 6.10. The SMILES string of the molecule is O=C1OC(C=NCc2ccc(Br)cc2)CN1c1ccc(N2CCOCC2)c(F)c1. The molecule has 2 aromatic carbocycles. The Hall–Kier alpha value is -2.45. The number of cyclic esters (lactones) is 1. The zero-order chi connectivity index (χ0) is 20.2. The molecule has 2 saturated heterocycles. The first kappa shape index (κ1) is 19.8. The van der Waals surface area contributed by atoms with Crippen molar-refractivity contribution < 1.29 is 18.7 Å². The van der Waals surface area contributed by atoms with Crippen molar-refractivity contribution in [2.24, 2.45) is 4.99 Å². The molecule has 2 aromatic rings. The normalized spacial score (nSPS) is 19.8. The predicted molar refractivity (Wildman–Crippen MR) is 113 cm³/mol. The average molecular weight is 462 g/mol. The Morgan fingerprint density at radius 1 is 1.17 bits per heavy atom. The molecular weight excluding hydrogens is 441 g/mol. The number of carbonyl (C=O) groups is 1. The van der Waals surface area contributed by atoms with Crippen LogP contribution in [0.3, 0.4) is 0 Å². The summed E-state index contributed by atoms with van der Waals surface area (Å²) in [5, 5.41) is 0. The number of benzene rings is 2. The van der Waals surface area contributed by atoms with E-state index in [4.69, 9.17) is 9.47 Å². The number of anilines is 2. The van der Waals surface area contributed by atoms with Crippen molar-refractivity contribution in [3.05, 3.63) is 58.3 Å². The highest BCUT2D eigenvalue weighted by atomic mass is 79.9. The van der Waals surface area contributed by atoms with Crippen LogP contribution in [0.25, 0.3) is 0 Å². The molecule has 0 radical (unpaired) electrons. The van der Waals surface area contributed by atoms with Gasteiger partial charge in [0.05, 0.1) is 37.7 Å². The smallest absolute Gasteiger partial charge is 0.415 e. The van der Waals surface area contributed by atoms with E-state index in [-0.39, 0.29) is 5.82 Å². The largest absolute Gasteiger partial charge is 0.438 e. The molecule has 0 aliphatic carbocycles. The first-order chi connectivity index (χ1) is 14.1. The van der Waals surface area contributed by atoms with Crippen molar-refractivity contribution in [1.29, 1.82) is 0 Å². The molecule has 4 rings (SSSR count). The molecule has 2 aliphatic heterocycles. The Morgan fingerprint density at radius 2 is 1.93 bits per heavy atom. The number of morpholine rings is 1. The monoisotopic (exact) mass is 461 g/mol. The van der Waals surface area contributed by atoms with Crippen LogP contribution < -0.4 is 9.80 Å². The number of aliphatic imine (C=N–C) groups is 1. The molecule has 1 atom stereocenters. The first-order valence-corrected chi connectivity index (χ1v) is 10.2. The fraction of sp³-hybridized carbons (Fsp3) is 0.333. The van der Waals surface area contributed by atoms with Gasteiger partial charge in [-0.25, -0.2) is 9.18 Å². The van der Waals surface area contributed by atoms with E-state index in [1.54, 1.807) is 18.3 Å². The standard InChI is InChI=1S/C21H21BrFN3O3/c22-16-3-1-15(2-4-16)12-24-13-18-14-26(21(27)29-18)17-5-6-20(19(23)11-17)25-7-9-28-10-8-25/h1-6,11,13,18H,7-10,12,14H2. The Morgan fingerprint density at radius 3 is 2.66 bits per heavy atom. The molecule has 0 bridgehead atoms. The molecule has 1 unspecified atom stereocenters. The van der Waals surface area contributed by atoms with E-state index in [0.29, 0.717) is 50.8 Å². The third-order valence-electron chi connectivity index (χ3n) is 4.89. The summed E-state index contributed by atoms with van der Waals surface area (Å²) >= 11 is 3.40. The van der Waals surface area contributed by atoms with Gasteiger partial charge in [0.1, 0.15) is 5.82 Å². The van der Waals surface area contributed by atoms with Gasteiger partial charge in [0, 0.05) is 23.8 Å². The number of hydrogen-bond donors (Lipinski definition) is 0. The van der Waals surface area contributed by atoms with Gasteiger partial charge in [-0.3, -0.25) is 9.89 Å². The van der Waals surface area contributed by atoms with E-state index in [2.05, 4.69) is 20.9 Å². The number of halogens is 2. The van der Waals surface area contributed by atoms with Crippen LogP contribution in [0.5, 0.6) is 0 Å². The molecule has 2 fully saturated rings. The number of hydrogen-bond acceptors (Lipinski definition) is 5. The maximum absolute atomic E-state index is 14.6. The average Bonchev–Trinajstić information content (AvgIpc) is 3.10. The van der Waals surface area contributed by atoms with Crippen LogP contribution in [0, 0.1) is 5.82 Å². The van der Waals surface area contributed by atoms with Crippen molar-refractivity contribution in [2.75, 3.05) is 42.6 Å². The third-order valence-corrected chi connectivity index (χ3v) is 5.42. The molecule has 8 heteroatoms. The lowest BCUT2D eigenvalue weighted by molar-refractivity contribution is 0.122. The van der Waals surface area contributed by atoms with E-state index in [9.17, 15) is 9.18 Å². The number of nitrogens with zero attached hydrogens (tertiary/aromatic N) is 3. The lowest BCUT2D eigenvalue weighted by Gasteiger charge is -2.29. The summed E-state index contributed by atoms with van der Waals surface area (Å²) in [6.45, 7) is 3.28. The molecule has 2 aliphatic rings. The quantitative estimate of drug-likeness (QED) is 0.630. The second-order valence-corrected chi connectivity index (χ2v) is 7.80. The highest BCUT2D eigenvalue weighted by Gasteiger charge is 2.32. The topological polar surface area (TPSA) is 54.4 Å². The molecule has 1 amide bonds. The number of rotatable bonds is 5. The van der Waals surface area contributed by atoms with Crippen molar-refractivity contribution in [3.63, 3.8) is 0 Å². The van der Waals surface area contributed by atoms with Gasteiger partial charge in [-0.1, -0.05) is 28.1 Å². The molecule has 6 nitrogen and oxygen atoms in total. The van der Waals surface area contributed by atoms with Crippen molar-refractivity contribution in [3.8, 4) is 0 Å². The van der Waals surface area contributed by atoms with Crippen LogP contribution in [0.15, 0.2) is 51.9 Å². The van der Waals surface area contributed by atoms with Gasteiger partial charge in [0.25, 0.3) is 0 Å². The summed E-state index contributed by atoms with van der Waals surface area (Å²) in [4.78, 5) is 20.0. The second-order valence-electron chi connectivity index (χ2n) is 6.88. The highest BCUT2D eigenvalue weighted by Crippen LogP contribution is 2.28. The van der Waals surface area contributed by atoms with E-state index in [0.717, 1.165) is 10.0 Å². The minimum absolute atomic E-state index is 0.305.